The predicted molar refractivity (Wildman–Crippen MR) is 83.1 cm³/mol. The van der Waals surface area contributed by atoms with Gasteiger partial charge >= 0.3 is 5.97 Å². The normalized spacial score (nSPS) is 10.8. The molecule has 0 aliphatic carbocycles. The Hall–Kier alpha value is -3.09. The summed E-state index contributed by atoms with van der Waals surface area (Å²) >= 11 is 0. The van der Waals surface area contributed by atoms with Crippen molar-refractivity contribution in [3.63, 3.8) is 0 Å². The van der Waals surface area contributed by atoms with Crippen LogP contribution in [0.15, 0.2) is 30.6 Å². The molecule has 0 saturated heterocycles. The highest BCUT2D eigenvalue weighted by atomic mass is 19.1. The summed E-state index contributed by atoms with van der Waals surface area (Å²) in [4.78, 5) is 19.4. The summed E-state index contributed by atoms with van der Waals surface area (Å²) in [5.74, 6) is -2.95. The first-order valence-corrected chi connectivity index (χ1v) is 6.95. The van der Waals surface area contributed by atoms with E-state index in [9.17, 15) is 18.7 Å². The smallest absolute Gasteiger partial charge is 0.337 e. The maximum absolute atomic E-state index is 14.7. The zero-order valence-corrected chi connectivity index (χ0v) is 12.8. The van der Waals surface area contributed by atoms with Crippen molar-refractivity contribution in [3.8, 4) is 16.9 Å². The number of carboxylic acid groups (broad SMARTS) is 1. The maximum Gasteiger partial charge on any atom is 0.337 e. The number of nitrogens with zero attached hydrogens (tertiary/aromatic N) is 2. The molecule has 0 aliphatic rings. The molecule has 1 heterocycles. The SMILES string of the molecule is COc1cc(C)c(F)c(-c2ccc(C(=O)O)c3nccnc23)c1F. The number of fused-ring (bicyclic) bond motifs is 1. The minimum absolute atomic E-state index is 0.0572. The molecule has 5 nitrogen and oxygen atoms in total. The largest absolute Gasteiger partial charge is 0.494 e. The third-order valence-electron chi connectivity index (χ3n) is 3.69. The third-order valence-corrected chi connectivity index (χ3v) is 3.69. The highest BCUT2D eigenvalue weighted by molar-refractivity contribution is 6.05. The van der Waals surface area contributed by atoms with Crippen molar-refractivity contribution in [2.24, 2.45) is 0 Å². The number of carbonyl (C=O) groups is 1. The van der Waals surface area contributed by atoms with Gasteiger partial charge in [-0.25, -0.2) is 13.6 Å². The molecule has 1 aromatic heterocycles. The van der Waals surface area contributed by atoms with Crippen molar-refractivity contribution in [1.82, 2.24) is 9.97 Å². The molecule has 3 rings (SSSR count). The number of hydrogen-bond donors (Lipinski definition) is 1. The van der Waals surface area contributed by atoms with Crippen LogP contribution < -0.4 is 4.74 Å². The van der Waals surface area contributed by atoms with E-state index >= 15 is 0 Å². The van der Waals surface area contributed by atoms with Crippen LogP contribution in [-0.4, -0.2) is 28.2 Å². The molecule has 0 atom stereocenters. The number of aromatic nitrogens is 2. The van der Waals surface area contributed by atoms with Gasteiger partial charge in [0.1, 0.15) is 11.3 Å². The molecule has 7 heteroatoms. The lowest BCUT2D eigenvalue weighted by atomic mass is 9.97. The van der Waals surface area contributed by atoms with Crippen LogP contribution in [-0.2, 0) is 0 Å². The summed E-state index contributed by atoms with van der Waals surface area (Å²) < 4.78 is 34.2. The monoisotopic (exact) mass is 330 g/mol. The molecule has 0 aliphatic heterocycles. The number of benzene rings is 2. The van der Waals surface area contributed by atoms with Crippen LogP contribution in [0.25, 0.3) is 22.2 Å². The molecule has 24 heavy (non-hydrogen) atoms. The van der Waals surface area contributed by atoms with Crippen molar-refractivity contribution in [3.05, 3.63) is 53.4 Å². The summed E-state index contributed by atoms with van der Waals surface area (Å²) in [5.41, 5.74) is 0.0453. The molecule has 3 aromatic rings. The van der Waals surface area contributed by atoms with E-state index in [1.165, 1.54) is 44.6 Å². The van der Waals surface area contributed by atoms with Gasteiger partial charge in [0.15, 0.2) is 11.6 Å². The van der Waals surface area contributed by atoms with Gasteiger partial charge in [0.25, 0.3) is 0 Å². The minimum Gasteiger partial charge on any atom is -0.494 e. The average Bonchev–Trinajstić information content (AvgIpc) is 2.58. The molecular weight excluding hydrogens is 318 g/mol. The summed E-state index contributed by atoms with van der Waals surface area (Å²) in [6.45, 7) is 1.49. The van der Waals surface area contributed by atoms with Gasteiger partial charge in [-0.15, -0.1) is 0 Å². The van der Waals surface area contributed by atoms with Crippen LogP contribution in [0, 0.1) is 18.6 Å². The fourth-order valence-corrected chi connectivity index (χ4v) is 2.56. The van der Waals surface area contributed by atoms with Crippen molar-refractivity contribution in [1.29, 1.82) is 0 Å². The number of aromatic carboxylic acids is 1. The zero-order chi connectivity index (χ0) is 17.4. The Morgan fingerprint density at radius 2 is 1.79 bits per heavy atom. The molecule has 122 valence electrons. The van der Waals surface area contributed by atoms with Gasteiger partial charge in [-0.1, -0.05) is 6.07 Å². The Morgan fingerprint density at radius 1 is 1.12 bits per heavy atom. The molecule has 0 amide bonds. The van der Waals surface area contributed by atoms with E-state index in [1.54, 1.807) is 0 Å². The quantitative estimate of drug-likeness (QED) is 0.794. The van der Waals surface area contributed by atoms with Crippen LogP contribution in [0.3, 0.4) is 0 Å². The van der Waals surface area contributed by atoms with E-state index in [-0.39, 0.29) is 39.0 Å². The van der Waals surface area contributed by atoms with Crippen LogP contribution in [0.2, 0.25) is 0 Å². The molecule has 0 fully saturated rings. The Kier molecular flexibility index (Phi) is 3.84. The van der Waals surface area contributed by atoms with Crippen LogP contribution >= 0.6 is 0 Å². The van der Waals surface area contributed by atoms with Gasteiger partial charge in [0.05, 0.1) is 23.8 Å². The standard InChI is InChI=1S/C17H12F2N2O3/c1-8-7-11(24-2)14(19)12(13(8)18)9-3-4-10(17(22)23)16-15(9)20-5-6-21-16/h3-7H,1-2H3,(H,22,23). The lowest BCUT2D eigenvalue weighted by Crippen LogP contribution is -2.03. The lowest BCUT2D eigenvalue weighted by molar-refractivity contribution is 0.0699. The predicted octanol–water partition coefficient (Wildman–Crippen LogP) is 3.59. The summed E-state index contributed by atoms with van der Waals surface area (Å²) in [5, 5.41) is 9.24. The molecule has 2 aromatic carbocycles. The number of methoxy groups -OCH3 is 1. The second kappa shape index (κ2) is 5.84. The molecule has 1 N–H and O–H groups in total. The van der Waals surface area contributed by atoms with Gasteiger partial charge in [-0.2, -0.15) is 0 Å². The summed E-state index contributed by atoms with van der Waals surface area (Å²) in [7, 11) is 1.28. The number of halogens is 2. The van der Waals surface area contributed by atoms with Crippen molar-refractivity contribution < 1.29 is 23.4 Å². The summed E-state index contributed by atoms with van der Waals surface area (Å²) in [6, 6.07) is 3.83. The number of carboxylic acids is 1. The zero-order valence-electron chi connectivity index (χ0n) is 12.8. The third kappa shape index (κ3) is 2.34. The van der Waals surface area contributed by atoms with Gasteiger partial charge in [-0.3, -0.25) is 9.97 Å². The molecule has 0 spiro atoms. The number of ether oxygens (including phenoxy) is 1. The molecule has 0 unspecified atom stereocenters. The van der Waals surface area contributed by atoms with Gasteiger partial charge in [-0.05, 0) is 24.6 Å². The number of rotatable bonds is 3. The van der Waals surface area contributed by atoms with Gasteiger partial charge in [0, 0.05) is 18.0 Å². The molecule has 0 radical (unpaired) electrons. The number of hydrogen-bond acceptors (Lipinski definition) is 4. The van der Waals surface area contributed by atoms with Crippen LogP contribution in [0.5, 0.6) is 5.75 Å². The molecule has 0 saturated carbocycles. The Balaban J connectivity index is 2.43. The highest BCUT2D eigenvalue weighted by Crippen LogP contribution is 2.37. The van der Waals surface area contributed by atoms with E-state index in [0.717, 1.165) is 0 Å². The van der Waals surface area contributed by atoms with Crippen molar-refractivity contribution in [2.45, 2.75) is 6.92 Å². The van der Waals surface area contributed by atoms with E-state index in [0.29, 0.717) is 0 Å². The average molecular weight is 330 g/mol. The second-order valence-electron chi connectivity index (χ2n) is 5.12. The van der Waals surface area contributed by atoms with Gasteiger partial charge in [0.2, 0.25) is 0 Å². The first kappa shape index (κ1) is 15.8. The Morgan fingerprint density at radius 3 is 2.42 bits per heavy atom. The van der Waals surface area contributed by atoms with E-state index in [2.05, 4.69) is 9.97 Å². The van der Waals surface area contributed by atoms with Crippen LogP contribution in [0.4, 0.5) is 8.78 Å². The fraction of sp³-hybridized carbons (Fsp3) is 0.118. The molecular formula is C17H12F2N2O3. The maximum atomic E-state index is 14.7. The second-order valence-corrected chi connectivity index (χ2v) is 5.12. The highest BCUT2D eigenvalue weighted by Gasteiger charge is 2.23. The van der Waals surface area contributed by atoms with Crippen molar-refractivity contribution in [2.75, 3.05) is 7.11 Å². The van der Waals surface area contributed by atoms with E-state index in [1.807, 2.05) is 0 Å². The van der Waals surface area contributed by atoms with Crippen LogP contribution in [0.1, 0.15) is 15.9 Å². The Bertz CT molecular complexity index is 974. The number of aryl methyl sites for hydroxylation is 1. The Labute approximate surface area is 135 Å². The van der Waals surface area contributed by atoms with E-state index in [4.69, 9.17) is 4.74 Å². The van der Waals surface area contributed by atoms with Crippen molar-refractivity contribution >= 4 is 17.0 Å². The fourth-order valence-electron chi connectivity index (χ4n) is 2.56. The first-order valence-electron chi connectivity index (χ1n) is 6.95. The topological polar surface area (TPSA) is 72.3 Å². The van der Waals surface area contributed by atoms with Gasteiger partial charge < -0.3 is 9.84 Å². The van der Waals surface area contributed by atoms with E-state index < -0.39 is 17.6 Å². The first-order chi connectivity index (χ1) is 11.5. The molecule has 0 bridgehead atoms. The minimum atomic E-state index is -1.20. The lowest BCUT2D eigenvalue weighted by Gasteiger charge is -2.13. The summed E-state index contributed by atoms with van der Waals surface area (Å²) in [6.07, 6.45) is 2.66.